The van der Waals surface area contributed by atoms with Gasteiger partial charge in [-0.1, -0.05) is 26.8 Å². The molecule has 0 unspecified atom stereocenters. The summed E-state index contributed by atoms with van der Waals surface area (Å²) in [6, 6.07) is 0. The molecule has 0 fully saturated rings. The van der Waals surface area contributed by atoms with Crippen molar-refractivity contribution >= 4 is 5.97 Å². The van der Waals surface area contributed by atoms with Crippen LogP contribution in [0.4, 0.5) is 0 Å². The van der Waals surface area contributed by atoms with Gasteiger partial charge in [-0.15, -0.1) is 0 Å². The summed E-state index contributed by atoms with van der Waals surface area (Å²) in [5.74, 6) is 0.512. The quantitative estimate of drug-likeness (QED) is 0.494. The van der Waals surface area contributed by atoms with Crippen molar-refractivity contribution < 1.29 is 9.53 Å². The van der Waals surface area contributed by atoms with Crippen molar-refractivity contribution in [1.29, 1.82) is 0 Å². The highest BCUT2D eigenvalue weighted by Crippen LogP contribution is 2.05. The topological polar surface area (TPSA) is 29.5 Å². The maximum atomic E-state index is 11.3. The summed E-state index contributed by atoms with van der Waals surface area (Å²) < 4.78 is 4.71. The van der Waals surface area contributed by atoms with Crippen molar-refractivity contribution in [3.63, 3.8) is 0 Å². The molecular formula is C13H25NO2. The predicted octanol–water partition coefficient (Wildman–Crippen LogP) is 2.47. The number of esters is 1. The van der Waals surface area contributed by atoms with Crippen LogP contribution in [0, 0.1) is 5.92 Å². The second-order valence-corrected chi connectivity index (χ2v) is 4.52. The average Bonchev–Trinajstić information content (AvgIpc) is 2.26. The molecular weight excluding hydrogens is 202 g/mol. The molecule has 3 nitrogen and oxygen atoms in total. The second kappa shape index (κ2) is 8.34. The maximum Gasteiger partial charge on any atom is 0.333 e. The van der Waals surface area contributed by atoms with Crippen molar-refractivity contribution in [1.82, 2.24) is 4.90 Å². The van der Waals surface area contributed by atoms with E-state index in [4.69, 9.17) is 4.74 Å². The fraction of sp³-hybridized carbons (Fsp3) is 0.769. The smallest absolute Gasteiger partial charge is 0.333 e. The molecule has 0 rings (SSSR count). The zero-order valence-electron chi connectivity index (χ0n) is 11.2. The van der Waals surface area contributed by atoms with E-state index in [1.807, 2.05) is 13.0 Å². The van der Waals surface area contributed by atoms with Gasteiger partial charge in [-0.2, -0.15) is 0 Å². The van der Waals surface area contributed by atoms with Gasteiger partial charge in [0.1, 0.15) is 0 Å². The lowest BCUT2D eigenvalue weighted by molar-refractivity contribution is -0.136. The number of ether oxygens (including phenoxy) is 1. The molecule has 0 aromatic carbocycles. The van der Waals surface area contributed by atoms with Gasteiger partial charge in [0, 0.05) is 12.1 Å². The van der Waals surface area contributed by atoms with Crippen LogP contribution < -0.4 is 0 Å². The van der Waals surface area contributed by atoms with Gasteiger partial charge in [0.2, 0.25) is 0 Å². The lowest BCUT2D eigenvalue weighted by Crippen LogP contribution is -2.21. The Morgan fingerprint density at radius 3 is 2.50 bits per heavy atom. The molecule has 0 aromatic heterocycles. The Kier molecular flexibility index (Phi) is 7.90. The average molecular weight is 227 g/mol. The number of methoxy groups -OCH3 is 1. The van der Waals surface area contributed by atoms with Crippen LogP contribution in [0.3, 0.4) is 0 Å². The van der Waals surface area contributed by atoms with Gasteiger partial charge in [-0.25, -0.2) is 4.79 Å². The zero-order chi connectivity index (χ0) is 12.6. The van der Waals surface area contributed by atoms with Gasteiger partial charge < -0.3 is 9.64 Å². The first-order chi connectivity index (χ1) is 7.51. The first-order valence-electron chi connectivity index (χ1n) is 5.97. The van der Waals surface area contributed by atoms with Crippen LogP contribution in [0.5, 0.6) is 0 Å². The minimum Gasteiger partial charge on any atom is -0.466 e. The van der Waals surface area contributed by atoms with Gasteiger partial charge in [0.15, 0.2) is 0 Å². The Balaban J connectivity index is 4.06. The van der Waals surface area contributed by atoms with Crippen molar-refractivity contribution in [2.45, 2.75) is 33.6 Å². The summed E-state index contributed by atoms with van der Waals surface area (Å²) in [7, 11) is 3.50. The number of hydrogen-bond acceptors (Lipinski definition) is 3. The molecule has 0 aromatic rings. The number of likely N-dealkylation sites (N-methyl/N-ethyl adjacent to an activating group) is 1. The first kappa shape index (κ1) is 15.2. The number of rotatable bonds is 7. The third-order valence-electron chi connectivity index (χ3n) is 2.57. The highest BCUT2D eigenvalue weighted by atomic mass is 16.5. The third kappa shape index (κ3) is 6.62. The van der Waals surface area contributed by atoms with Crippen LogP contribution in [-0.4, -0.2) is 38.1 Å². The van der Waals surface area contributed by atoms with E-state index in [0.717, 1.165) is 31.0 Å². The molecule has 0 saturated heterocycles. The fourth-order valence-electron chi connectivity index (χ4n) is 1.34. The first-order valence-corrected chi connectivity index (χ1v) is 5.97. The number of hydrogen-bond donors (Lipinski definition) is 0. The van der Waals surface area contributed by atoms with Crippen molar-refractivity contribution in [2.24, 2.45) is 5.92 Å². The van der Waals surface area contributed by atoms with Crippen LogP contribution in [0.1, 0.15) is 33.6 Å². The highest BCUT2D eigenvalue weighted by Gasteiger charge is 2.07. The minimum absolute atomic E-state index is 0.209. The molecule has 0 bridgehead atoms. The molecule has 0 spiro atoms. The second-order valence-electron chi connectivity index (χ2n) is 4.52. The molecule has 0 radical (unpaired) electrons. The van der Waals surface area contributed by atoms with E-state index in [2.05, 4.69) is 25.8 Å². The third-order valence-corrected chi connectivity index (χ3v) is 2.57. The van der Waals surface area contributed by atoms with E-state index in [0.29, 0.717) is 0 Å². The summed E-state index contributed by atoms with van der Waals surface area (Å²) in [6.07, 6.45) is 3.88. The van der Waals surface area contributed by atoms with Crippen LogP contribution >= 0.6 is 0 Å². The van der Waals surface area contributed by atoms with Crippen molar-refractivity contribution in [3.05, 3.63) is 11.6 Å². The molecule has 94 valence electrons. The van der Waals surface area contributed by atoms with Gasteiger partial charge in [-0.3, -0.25) is 0 Å². The minimum atomic E-state index is -0.209. The van der Waals surface area contributed by atoms with Gasteiger partial charge in [-0.05, 0) is 32.4 Å². The van der Waals surface area contributed by atoms with E-state index in [1.54, 1.807) is 0 Å². The Hall–Kier alpha value is -0.830. The van der Waals surface area contributed by atoms with E-state index in [-0.39, 0.29) is 5.97 Å². The van der Waals surface area contributed by atoms with Crippen LogP contribution in [0.2, 0.25) is 0 Å². The predicted molar refractivity (Wildman–Crippen MR) is 67.3 cm³/mol. The molecule has 16 heavy (non-hydrogen) atoms. The molecule has 0 aliphatic heterocycles. The molecule has 3 heteroatoms. The van der Waals surface area contributed by atoms with Gasteiger partial charge in [0.25, 0.3) is 0 Å². The monoisotopic (exact) mass is 227 g/mol. The summed E-state index contributed by atoms with van der Waals surface area (Å²) in [4.78, 5) is 13.5. The Bertz CT molecular complexity index is 234. The number of carbonyl (C=O) groups excluding carboxylic acids is 1. The molecule has 0 aliphatic carbocycles. The van der Waals surface area contributed by atoms with Gasteiger partial charge in [0.05, 0.1) is 7.11 Å². The van der Waals surface area contributed by atoms with E-state index in [9.17, 15) is 4.79 Å². The SMILES string of the molecule is CCC(=CCN(C)CCC(C)C)C(=O)OC. The highest BCUT2D eigenvalue weighted by molar-refractivity contribution is 5.88. The molecule has 0 N–H and O–H groups in total. The number of nitrogens with zero attached hydrogens (tertiary/aromatic N) is 1. The Labute approximate surface area is 99.5 Å². The van der Waals surface area contributed by atoms with Crippen LogP contribution in [-0.2, 0) is 9.53 Å². The van der Waals surface area contributed by atoms with E-state index >= 15 is 0 Å². The molecule has 0 atom stereocenters. The molecule has 0 amide bonds. The van der Waals surface area contributed by atoms with Crippen LogP contribution in [0.25, 0.3) is 0 Å². The lowest BCUT2D eigenvalue weighted by atomic mass is 10.1. The van der Waals surface area contributed by atoms with Crippen molar-refractivity contribution in [3.8, 4) is 0 Å². The van der Waals surface area contributed by atoms with Gasteiger partial charge >= 0.3 is 5.97 Å². The van der Waals surface area contributed by atoms with Crippen molar-refractivity contribution in [2.75, 3.05) is 27.2 Å². The largest absolute Gasteiger partial charge is 0.466 e. The molecule has 0 aliphatic rings. The lowest BCUT2D eigenvalue weighted by Gasteiger charge is -2.16. The van der Waals surface area contributed by atoms with Crippen LogP contribution in [0.15, 0.2) is 11.6 Å². The summed E-state index contributed by atoms with van der Waals surface area (Å²) in [5.41, 5.74) is 0.763. The maximum absolute atomic E-state index is 11.3. The fourth-order valence-corrected chi connectivity index (χ4v) is 1.34. The molecule has 0 heterocycles. The standard InChI is InChI=1S/C13H25NO2/c1-6-12(13(15)16-5)8-10-14(4)9-7-11(2)3/h8,11H,6-7,9-10H2,1-5H3. The summed E-state index contributed by atoms with van der Waals surface area (Å²) in [6.45, 7) is 8.28. The Morgan fingerprint density at radius 1 is 1.44 bits per heavy atom. The summed E-state index contributed by atoms with van der Waals surface area (Å²) in [5, 5.41) is 0. The zero-order valence-corrected chi connectivity index (χ0v) is 11.2. The molecule has 0 saturated carbocycles. The van der Waals surface area contributed by atoms with E-state index < -0.39 is 0 Å². The normalized spacial score (nSPS) is 12.3. The summed E-state index contributed by atoms with van der Waals surface area (Å²) >= 11 is 0. The number of carbonyl (C=O) groups is 1. The van der Waals surface area contributed by atoms with E-state index in [1.165, 1.54) is 13.5 Å². The Morgan fingerprint density at radius 2 is 2.06 bits per heavy atom.